The van der Waals surface area contributed by atoms with Gasteiger partial charge < -0.3 is 10.2 Å². The molecule has 0 aromatic heterocycles. The summed E-state index contributed by atoms with van der Waals surface area (Å²) in [5.74, 6) is -0.214. The van der Waals surface area contributed by atoms with Crippen molar-refractivity contribution in [3.05, 3.63) is 33.4 Å². The fraction of sp³-hybridized carbons (Fsp3) is 0.467. The van der Waals surface area contributed by atoms with Crippen LogP contribution in [0.5, 0.6) is 0 Å². The standard InChI is InChI=1S/C15H22N2O2/c1-8-9(2)12(14(18)16-5)11(4)13(10(8)3)15(19)17(6)7/h1-7H3,(H,16,18). The van der Waals surface area contributed by atoms with Gasteiger partial charge in [0.2, 0.25) is 0 Å². The third-order valence-electron chi connectivity index (χ3n) is 3.70. The molecule has 0 saturated heterocycles. The van der Waals surface area contributed by atoms with Crippen molar-refractivity contribution in [3.8, 4) is 0 Å². The van der Waals surface area contributed by atoms with Crippen LogP contribution >= 0.6 is 0 Å². The van der Waals surface area contributed by atoms with Crippen molar-refractivity contribution in [2.75, 3.05) is 21.1 Å². The van der Waals surface area contributed by atoms with E-state index >= 15 is 0 Å². The summed E-state index contributed by atoms with van der Waals surface area (Å²) < 4.78 is 0. The molecule has 2 amide bonds. The Kier molecular flexibility index (Phi) is 4.35. The zero-order valence-electron chi connectivity index (χ0n) is 12.8. The zero-order chi connectivity index (χ0) is 14.9. The summed E-state index contributed by atoms with van der Waals surface area (Å²) in [5.41, 5.74) is 4.86. The highest BCUT2D eigenvalue weighted by Crippen LogP contribution is 2.27. The molecule has 0 radical (unpaired) electrons. The third kappa shape index (κ3) is 2.48. The van der Waals surface area contributed by atoms with E-state index in [-0.39, 0.29) is 11.8 Å². The molecule has 0 atom stereocenters. The van der Waals surface area contributed by atoms with E-state index in [4.69, 9.17) is 0 Å². The predicted molar refractivity (Wildman–Crippen MR) is 76.8 cm³/mol. The Balaban J connectivity index is 3.71. The molecule has 4 nitrogen and oxygen atoms in total. The van der Waals surface area contributed by atoms with Crippen LogP contribution in [0.1, 0.15) is 43.0 Å². The molecule has 0 bridgehead atoms. The second kappa shape index (κ2) is 5.43. The van der Waals surface area contributed by atoms with Crippen LogP contribution in [0.3, 0.4) is 0 Å². The fourth-order valence-electron chi connectivity index (χ4n) is 2.35. The number of hydrogen-bond donors (Lipinski definition) is 1. The highest BCUT2D eigenvalue weighted by atomic mass is 16.2. The monoisotopic (exact) mass is 262 g/mol. The first-order chi connectivity index (χ1) is 8.73. The molecule has 1 aromatic rings. The zero-order valence-corrected chi connectivity index (χ0v) is 12.8. The van der Waals surface area contributed by atoms with Gasteiger partial charge in [0.25, 0.3) is 11.8 Å². The van der Waals surface area contributed by atoms with Crippen molar-refractivity contribution in [1.82, 2.24) is 10.2 Å². The second-order valence-electron chi connectivity index (χ2n) is 5.03. The van der Waals surface area contributed by atoms with Crippen LogP contribution in [0.15, 0.2) is 0 Å². The summed E-state index contributed by atoms with van der Waals surface area (Å²) in [4.78, 5) is 25.9. The molecule has 1 aromatic carbocycles. The van der Waals surface area contributed by atoms with Gasteiger partial charge in [-0.15, -0.1) is 0 Å². The lowest BCUT2D eigenvalue weighted by atomic mass is 9.88. The molecule has 1 rings (SSSR count). The van der Waals surface area contributed by atoms with E-state index in [1.165, 1.54) is 4.90 Å². The number of nitrogens with zero attached hydrogens (tertiary/aromatic N) is 1. The number of hydrogen-bond acceptors (Lipinski definition) is 2. The lowest BCUT2D eigenvalue weighted by Crippen LogP contribution is -2.27. The van der Waals surface area contributed by atoms with Crippen LogP contribution in [-0.2, 0) is 0 Å². The number of rotatable bonds is 2. The highest BCUT2D eigenvalue weighted by Gasteiger charge is 2.23. The first-order valence-electron chi connectivity index (χ1n) is 6.28. The average molecular weight is 262 g/mol. The summed E-state index contributed by atoms with van der Waals surface area (Å²) in [6, 6.07) is 0. The number of carbonyl (C=O) groups excluding carboxylic acids is 2. The first kappa shape index (κ1) is 15.2. The Bertz CT molecular complexity index is 546. The Morgan fingerprint density at radius 1 is 0.842 bits per heavy atom. The quantitative estimate of drug-likeness (QED) is 0.886. The molecule has 104 valence electrons. The smallest absolute Gasteiger partial charge is 0.253 e. The lowest BCUT2D eigenvalue weighted by molar-refractivity contribution is 0.0826. The molecule has 0 unspecified atom stereocenters. The van der Waals surface area contributed by atoms with Crippen LogP contribution in [0, 0.1) is 27.7 Å². The van der Waals surface area contributed by atoms with E-state index in [1.54, 1.807) is 21.1 Å². The van der Waals surface area contributed by atoms with Crippen LogP contribution in [0.4, 0.5) is 0 Å². The third-order valence-corrected chi connectivity index (χ3v) is 3.70. The van der Waals surface area contributed by atoms with Crippen molar-refractivity contribution < 1.29 is 9.59 Å². The maximum absolute atomic E-state index is 12.3. The lowest BCUT2D eigenvalue weighted by Gasteiger charge is -2.21. The summed E-state index contributed by atoms with van der Waals surface area (Å²) in [7, 11) is 5.04. The van der Waals surface area contributed by atoms with Crippen LogP contribution < -0.4 is 5.32 Å². The van der Waals surface area contributed by atoms with E-state index in [0.717, 1.165) is 22.3 Å². The van der Waals surface area contributed by atoms with Crippen molar-refractivity contribution in [1.29, 1.82) is 0 Å². The van der Waals surface area contributed by atoms with Gasteiger partial charge in [-0.25, -0.2) is 0 Å². The van der Waals surface area contributed by atoms with E-state index in [0.29, 0.717) is 11.1 Å². The summed E-state index contributed by atoms with van der Waals surface area (Å²) >= 11 is 0. The molecule has 0 aliphatic carbocycles. The van der Waals surface area contributed by atoms with Gasteiger partial charge in [0.1, 0.15) is 0 Å². The molecule has 19 heavy (non-hydrogen) atoms. The molecular formula is C15H22N2O2. The van der Waals surface area contributed by atoms with E-state index in [1.807, 2.05) is 27.7 Å². The maximum atomic E-state index is 12.3. The van der Waals surface area contributed by atoms with Gasteiger partial charge in [0, 0.05) is 32.3 Å². The molecule has 0 heterocycles. The van der Waals surface area contributed by atoms with E-state index < -0.39 is 0 Å². The van der Waals surface area contributed by atoms with Gasteiger partial charge in [0.15, 0.2) is 0 Å². The minimum absolute atomic E-state index is 0.0664. The predicted octanol–water partition coefficient (Wildman–Crippen LogP) is 1.98. The fourth-order valence-corrected chi connectivity index (χ4v) is 2.35. The van der Waals surface area contributed by atoms with Gasteiger partial charge in [-0.2, -0.15) is 0 Å². The van der Waals surface area contributed by atoms with Gasteiger partial charge in [-0.3, -0.25) is 9.59 Å². The Morgan fingerprint density at radius 2 is 1.32 bits per heavy atom. The number of benzene rings is 1. The van der Waals surface area contributed by atoms with E-state index in [2.05, 4.69) is 5.32 Å². The SMILES string of the molecule is CNC(=O)c1c(C)c(C)c(C)c(C(=O)N(C)C)c1C. The number of nitrogens with one attached hydrogen (secondary N) is 1. The maximum Gasteiger partial charge on any atom is 0.253 e. The number of carbonyl (C=O) groups is 2. The van der Waals surface area contributed by atoms with Crippen molar-refractivity contribution >= 4 is 11.8 Å². The molecule has 0 fully saturated rings. The normalized spacial score (nSPS) is 10.3. The largest absolute Gasteiger partial charge is 0.355 e. The van der Waals surface area contributed by atoms with Gasteiger partial charge in [-0.1, -0.05) is 0 Å². The summed E-state index contributed by atoms with van der Waals surface area (Å²) in [5, 5.41) is 2.64. The Hall–Kier alpha value is -1.84. The highest BCUT2D eigenvalue weighted by molar-refractivity contribution is 6.04. The van der Waals surface area contributed by atoms with Crippen molar-refractivity contribution in [2.24, 2.45) is 0 Å². The van der Waals surface area contributed by atoms with Crippen LogP contribution in [0.2, 0.25) is 0 Å². The van der Waals surface area contributed by atoms with Crippen molar-refractivity contribution in [2.45, 2.75) is 27.7 Å². The average Bonchev–Trinajstić information content (AvgIpc) is 2.35. The first-order valence-corrected chi connectivity index (χ1v) is 6.28. The summed E-state index contributed by atoms with van der Waals surface area (Å²) in [6.07, 6.45) is 0. The van der Waals surface area contributed by atoms with Crippen LogP contribution in [0.25, 0.3) is 0 Å². The van der Waals surface area contributed by atoms with Crippen molar-refractivity contribution in [3.63, 3.8) is 0 Å². The minimum Gasteiger partial charge on any atom is -0.355 e. The minimum atomic E-state index is -0.147. The molecule has 0 aliphatic rings. The van der Waals surface area contributed by atoms with Gasteiger partial charge in [-0.05, 0) is 49.9 Å². The molecule has 0 spiro atoms. The molecular weight excluding hydrogens is 240 g/mol. The van der Waals surface area contributed by atoms with Gasteiger partial charge >= 0.3 is 0 Å². The topological polar surface area (TPSA) is 49.4 Å². The summed E-state index contributed by atoms with van der Waals surface area (Å²) in [6.45, 7) is 7.63. The number of amides is 2. The molecule has 0 aliphatic heterocycles. The van der Waals surface area contributed by atoms with Crippen LogP contribution in [-0.4, -0.2) is 37.9 Å². The van der Waals surface area contributed by atoms with E-state index in [9.17, 15) is 9.59 Å². The Morgan fingerprint density at radius 3 is 1.74 bits per heavy atom. The van der Waals surface area contributed by atoms with Gasteiger partial charge in [0.05, 0.1) is 0 Å². The molecule has 1 N–H and O–H groups in total. The molecule has 4 heteroatoms. The molecule has 0 saturated carbocycles. The second-order valence-corrected chi connectivity index (χ2v) is 5.03. The Labute approximate surface area is 114 Å².